The molecule has 96 valence electrons. The van der Waals surface area contributed by atoms with Crippen LogP contribution in [0.2, 0.25) is 0 Å². The van der Waals surface area contributed by atoms with Gasteiger partial charge in [-0.2, -0.15) is 0 Å². The molecule has 0 bridgehead atoms. The summed E-state index contributed by atoms with van der Waals surface area (Å²) in [6.45, 7) is 1.17. The van der Waals surface area contributed by atoms with Crippen molar-refractivity contribution in [2.24, 2.45) is 0 Å². The number of nitrogens with one attached hydrogen (secondary N) is 1. The van der Waals surface area contributed by atoms with Crippen LogP contribution in [0.15, 0.2) is 24.3 Å². The second-order valence-electron chi connectivity index (χ2n) is 3.56. The maximum atomic E-state index is 11.6. The second kappa shape index (κ2) is 6.08. The van der Waals surface area contributed by atoms with E-state index in [2.05, 4.69) is 15.4 Å². The summed E-state index contributed by atoms with van der Waals surface area (Å²) in [7, 11) is 0. The highest BCUT2D eigenvalue weighted by Crippen LogP contribution is 2.07. The van der Waals surface area contributed by atoms with Crippen LogP contribution in [-0.4, -0.2) is 41.6 Å². The van der Waals surface area contributed by atoms with E-state index >= 15 is 0 Å². The highest BCUT2D eigenvalue weighted by Gasteiger charge is 2.08. The molecule has 2 aromatic rings. The van der Waals surface area contributed by atoms with E-state index in [0.717, 1.165) is 0 Å². The van der Waals surface area contributed by atoms with Crippen LogP contribution in [0.25, 0.3) is 11.0 Å². The molecule has 0 saturated heterocycles. The number of aromatic nitrogens is 3. The van der Waals surface area contributed by atoms with Gasteiger partial charge in [-0.15, -0.1) is 0 Å². The SMILES string of the molecule is [O-][n+]1nc(NCCOCCO)nc2ccccc21. The summed E-state index contributed by atoms with van der Waals surface area (Å²) >= 11 is 0. The summed E-state index contributed by atoms with van der Waals surface area (Å²) in [5.74, 6) is 0.260. The first-order chi connectivity index (χ1) is 8.81. The molecule has 0 spiro atoms. The minimum Gasteiger partial charge on any atom is -0.594 e. The molecule has 7 heteroatoms. The Hall–Kier alpha value is -1.99. The summed E-state index contributed by atoms with van der Waals surface area (Å²) in [4.78, 5) is 4.75. The number of aliphatic hydroxyl groups is 1. The average Bonchev–Trinajstić information content (AvgIpc) is 2.39. The first-order valence-electron chi connectivity index (χ1n) is 5.60. The third kappa shape index (κ3) is 3.02. The molecular weight excluding hydrogens is 236 g/mol. The molecule has 7 nitrogen and oxygen atoms in total. The lowest BCUT2D eigenvalue weighted by atomic mass is 10.3. The van der Waals surface area contributed by atoms with Crippen LogP contribution in [0.1, 0.15) is 0 Å². The highest BCUT2D eigenvalue weighted by atomic mass is 16.5. The number of ether oxygens (including phenoxy) is 1. The summed E-state index contributed by atoms with van der Waals surface area (Å²) in [6, 6.07) is 6.98. The van der Waals surface area contributed by atoms with Gasteiger partial charge in [0.2, 0.25) is 0 Å². The van der Waals surface area contributed by atoms with E-state index in [0.29, 0.717) is 35.6 Å². The molecule has 2 N–H and O–H groups in total. The Labute approximate surface area is 104 Å². The quantitative estimate of drug-likeness (QED) is 0.414. The van der Waals surface area contributed by atoms with Gasteiger partial charge in [0.15, 0.2) is 0 Å². The molecule has 0 radical (unpaired) electrons. The lowest BCUT2D eigenvalue weighted by Gasteiger charge is -2.05. The van der Waals surface area contributed by atoms with Crippen molar-refractivity contribution in [3.05, 3.63) is 29.5 Å². The van der Waals surface area contributed by atoms with Crippen molar-refractivity contribution in [3.63, 3.8) is 0 Å². The Morgan fingerprint density at radius 2 is 2.17 bits per heavy atom. The molecule has 1 heterocycles. The predicted octanol–water partition coefficient (Wildman–Crippen LogP) is -0.316. The summed E-state index contributed by atoms with van der Waals surface area (Å²) < 4.78 is 5.07. The van der Waals surface area contributed by atoms with Crippen molar-refractivity contribution < 1.29 is 14.7 Å². The van der Waals surface area contributed by atoms with Crippen LogP contribution >= 0.6 is 0 Å². The van der Waals surface area contributed by atoms with E-state index < -0.39 is 0 Å². The van der Waals surface area contributed by atoms with Gasteiger partial charge < -0.3 is 20.4 Å². The van der Waals surface area contributed by atoms with Gasteiger partial charge in [-0.25, -0.2) is 4.98 Å². The number of hydrogen-bond acceptors (Lipinski definition) is 6. The predicted molar refractivity (Wildman–Crippen MR) is 64.9 cm³/mol. The molecule has 0 amide bonds. The fourth-order valence-electron chi connectivity index (χ4n) is 1.47. The maximum Gasteiger partial charge on any atom is 0.290 e. The van der Waals surface area contributed by atoms with Gasteiger partial charge in [0.05, 0.1) is 24.9 Å². The Bertz CT molecular complexity index is 521. The molecule has 1 aromatic heterocycles. The maximum absolute atomic E-state index is 11.6. The van der Waals surface area contributed by atoms with Gasteiger partial charge in [-0.1, -0.05) is 12.1 Å². The average molecular weight is 250 g/mol. The van der Waals surface area contributed by atoms with Crippen LogP contribution in [0.3, 0.4) is 0 Å². The largest absolute Gasteiger partial charge is 0.594 e. The molecule has 0 aliphatic carbocycles. The zero-order valence-corrected chi connectivity index (χ0v) is 9.74. The monoisotopic (exact) mass is 250 g/mol. The van der Waals surface area contributed by atoms with Gasteiger partial charge in [-0.05, 0) is 10.9 Å². The van der Waals surface area contributed by atoms with E-state index in [1.54, 1.807) is 18.2 Å². The van der Waals surface area contributed by atoms with Gasteiger partial charge in [0.25, 0.3) is 11.5 Å². The van der Waals surface area contributed by atoms with Crippen LogP contribution < -0.4 is 10.2 Å². The lowest BCUT2D eigenvalue weighted by Crippen LogP contribution is -2.33. The lowest BCUT2D eigenvalue weighted by molar-refractivity contribution is -0.641. The zero-order chi connectivity index (χ0) is 12.8. The minimum absolute atomic E-state index is 0.00691. The van der Waals surface area contributed by atoms with Gasteiger partial charge in [-0.3, -0.25) is 0 Å². The number of rotatable bonds is 6. The van der Waals surface area contributed by atoms with Crippen LogP contribution in [-0.2, 0) is 4.74 Å². The van der Waals surface area contributed by atoms with E-state index in [1.807, 2.05) is 6.07 Å². The molecule has 0 fully saturated rings. The third-order valence-electron chi connectivity index (χ3n) is 2.26. The first kappa shape index (κ1) is 12.5. The summed E-state index contributed by atoms with van der Waals surface area (Å²) in [5.41, 5.74) is 1.01. The van der Waals surface area contributed by atoms with Gasteiger partial charge >= 0.3 is 0 Å². The van der Waals surface area contributed by atoms with Crippen molar-refractivity contribution >= 4 is 17.0 Å². The number of anilines is 1. The number of fused-ring (bicyclic) bond motifs is 1. The number of benzene rings is 1. The highest BCUT2D eigenvalue weighted by molar-refractivity contribution is 5.71. The molecule has 0 aliphatic heterocycles. The minimum atomic E-state index is -0.00691. The van der Waals surface area contributed by atoms with Gasteiger partial charge in [0.1, 0.15) is 5.52 Å². The Kier molecular flexibility index (Phi) is 4.21. The van der Waals surface area contributed by atoms with Crippen molar-refractivity contribution in [1.82, 2.24) is 10.1 Å². The Balaban J connectivity index is 2.01. The van der Waals surface area contributed by atoms with Gasteiger partial charge in [0, 0.05) is 12.6 Å². The molecule has 0 aliphatic rings. The molecule has 0 unspecified atom stereocenters. The first-order valence-corrected chi connectivity index (χ1v) is 5.60. The normalized spacial score (nSPS) is 10.7. The fourth-order valence-corrected chi connectivity index (χ4v) is 1.47. The number of para-hydroxylation sites is 2. The summed E-state index contributed by atoms with van der Waals surface area (Å²) in [6.07, 6.45) is 0. The van der Waals surface area contributed by atoms with E-state index in [1.165, 1.54) is 0 Å². The number of nitrogens with zero attached hydrogens (tertiary/aromatic N) is 3. The fraction of sp³-hybridized carbons (Fsp3) is 0.364. The van der Waals surface area contributed by atoms with Crippen LogP contribution in [0.4, 0.5) is 5.95 Å². The van der Waals surface area contributed by atoms with E-state index in [9.17, 15) is 5.21 Å². The molecule has 0 atom stereocenters. The van der Waals surface area contributed by atoms with Crippen LogP contribution in [0, 0.1) is 5.21 Å². The number of aliphatic hydroxyl groups excluding tert-OH is 1. The molecule has 1 aromatic carbocycles. The molecule has 2 rings (SSSR count). The van der Waals surface area contributed by atoms with Crippen LogP contribution in [0.5, 0.6) is 0 Å². The van der Waals surface area contributed by atoms with Crippen molar-refractivity contribution in [1.29, 1.82) is 0 Å². The van der Waals surface area contributed by atoms with Crippen molar-refractivity contribution in [2.45, 2.75) is 0 Å². The summed E-state index contributed by atoms with van der Waals surface area (Å²) in [5, 5.41) is 26.8. The van der Waals surface area contributed by atoms with Crippen molar-refractivity contribution in [3.8, 4) is 0 Å². The zero-order valence-electron chi connectivity index (χ0n) is 9.74. The second-order valence-corrected chi connectivity index (χ2v) is 3.56. The molecule has 18 heavy (non-hydrogen) atoms. The molecule has 0 saturated carbocycles. The standard InChI is InChI=1S/C11H14N4O3/c16-6-8-18-7-5-12-11-13-9-3-1-2-4-10(9)15(17)14-11/h1-4,16H,5-8H2,(H,12,13,14). The molecular formula is C11H14N4O3. The smallest absolute Gasteiger partial charge is 0.290 e. The van der Waals surface area contributed by atoms with E-state index in [4.69, 9.17) is 9.84 Å². The van der Waals surface area contributed by atoms with E-state index in [-0.39, 0.29) is 12.6 Å². The Morgan fingerprint density at radius 3 is 3.00 bits per heavy atom. The third-order valence-corrected chi connectivity index (χ3v) is 2.26. The topological polar surface area (TPSA) is 94.2 Å². The van der Waals surface area contributed by atoms with Crippen molar-refractivity contribution in [2.75, 3.05) is 31.7 Å². The Morgan fingerprint density at radius 1 is 1.33 bits per heavy atom. The number of hydrogen-bond donors (Lipinski definition) is 2.